The lowest BCUT2D eigenvalue weighted by Gasteiger charge is -2.13. The van der Waals surface area contributed by atoms with Crippen molar-refractivity contribution in [3.63, 3.8) is 0 Å². The van der Waals surface area contributed by atoms with Crippen molar-refractivity contribution in [1.29, 1.82) is 0 Å². The van der Waals surface area contributed by atoms with Crippen LogP contribution in [0.25, 0.3) is 17.3 Å². The molecule has 0 aliphatic heterocycles. The maximum atomic E-state index is 13.4. The first kappa shape index (κ1) is 31.8. The molecular formula is C34H26BrFN4O3S2. The molecule has 3 N–H and O–H groups in total. The zero-order valence-corrected chi connectivity index (χ0v) is 27.0. The molecule has 0 radical (unpaired) electrons. The van der Waals surface area contributed by atoms with Crippen LogP contribution in [-0.4, -0.2) is 28.0 Å². The fraction of sp³-hybridized carbons (Fsp3) is 0.0588. The van der Waals surface area contributed by atoms with E-state index in [1.165, 1.54) is 53.4 Å². The Labute approximate surface area is 276 Å². The van der Waals surface area contributed by atoms with Gasteiger partial charge in [0.05, 0.1) is 10.9 Å². The summed E-state index contributed by atoms with van der Waals surface area (Å²) in [5.74, 6) is -1.60. The van der Waals surface area contributed by atoms with Gasteiger partial charge in [-0.15, -0.1) is 23.1 Å². The van der Waals surface area contributed by atoms with Gasteiger partial charge in [-0.2, -0.15) is 0 Å². The van der Waals surface area contributed by atoms with Crippen molar-refractivity contribution in [2.24, 2.45) is 0 Å². The quantitative estimate of drug-likeness (QED) is 0.101. The van der Waals surface area contributed by atoms with E-state index >= 15 is 0 Å². The van der Waals surface area contributed by atoms with Gasteiger partial charge < -0.3 is 16.0 Å². The molecule has 45 heavy (non-hydrogen) atoms. The van der Waals surface area contributed by atoms with E-state index in [-0.39, 0.29) is 11.6 Å². The van der Waals surface area contributed by atoms with Crippen LogP contribution in [0.15, 0.2) is 124 Å². The van der Waals surface area contributed by atoms with Crippen LogP contribution in [0, 0.1) is 5.82 Å². The van der Waals surface area contributed by atoms with Gasteiger partial charge in [0.25, 0.3) is 11.8 Å². The van der Waals surface area contributed by atoms with Gasteiger partial charge in [0, 0.05) is 31.6 Å². The van der Waals surface area contributed by atoms with Crippen molar-refractivity contribution in [3.05, 3.63) is 136 Å². The Balaban J connectivity index is 1.20. The van der Waals surface area contributed by atoms with Crippen LogP contribution in [0.4, 0.5) is 15.2 Å². The van der Waals surface area contributed by atoms with Crippen molar-refractivity contribution < 1.29 is 18.8 Å². The van der Waals surface area contributed by atoms with Crippen LogP contribution in [-0.2, 0) is 9.59 Å². The van der Waals surface area contributed by atoms with Crippen molar-refractivity contribution in [3.8, 4) is 11.3 Å². The summed E-state index contributed by atoms with van der Waals surface area (Å²) in [5, 5.41) is 10.3. The van der Waals surface area contributed by atoms with Crippen LogP contribution in [0.5, 0.6) is 0 Å². The Hall–Kier alpha value is -4.58. The minimum absolute atomic E-state index is 0.00955. The number of anilines is 2. The van der Waals surface area contributed by atoms with Crippen LogP contribution >= 0.6 is 39.0 Å². The van der Waals surface area contributed by atoms with Gasteiger partial charge in [-0.25, -0.2) is 9.37 Å². The summed E-state index contributed by atoms with van der Waals surface area (Å²) < 4.78 is 14.4. The fourth-order valence-corrected chi connectivity index (χ4v) is 5.89. The summed E-state index contributed by atoms with van der Waals surface area (Å²) in [5.41, 5.74) is 3.15. The van der Waals surface area contributed by atoms with Crippen LogP contribution in [0.1, 0.15) is 22.8 Å². The molecule has 1 atom stereocenters. The number of amides is 3. The fourth-order valence-electron chi connectivity index (χ4n) is 4.03. The third-order valence-corrected chi connectivity index (χ3v) is 8.78. The Bertz CT molecular complexity index is 1830. The number of thiazole rings is 1. The number of nitrogens with one attached hydrogen (secondary N) is 3. The molecule has 226 valence electrons. The molecule has 1 aromatic heterocycles. The third kappa shape index (κ3) is 8.98. The predicted octanol–water partition coefficient (Wildman–Crippen LogP) is 8.24. The Morgan fingerprint density at radius 1 is 0.889 bits per heavy atom. The molecular weight excluding hydrogens is 675 g/mol. The van der Waals surface area contributed by atoms with Gasteiger partial charge in [0.2, 0.25) is 5.91 Å². The number of nitrogens with zero attached hydrogens (tertiary/aromatic N) is 1. The Morgan fingerprint density at radius 2 is 1.58 bits per heavy atom. The summed E-state index contributed by atoms with van der Waals surface area (Å²) in [6.07, 6.45) is 1.48. The summed E-state index contributed by atoms with van der Waals surface area (Å²) in [6.45, 7) is 1.81. The average molecular weight is 702 g/mol. The molecule has 5 rings (SSSR count). The monoisotopic (exact) mass is 700 g/mol. The number of carbonyl (C=O) groups is 3. The van der Waals surface area contributed by atoms with Crippen LogP contribution < -0.4 is 16.0 Å². The number of carbonyl (C=O) groups excluding carboxylic acids is 3. The van der Waals surface area contributed by atoms with Crippen LogP contribution in [0.3, 0.4) is 0 Å². The van der Waals surface area contributed by atoms with Gasteiger partial charge >= 0.3 is 0 Å². The second-order valence-electron chi connectivity index (χ2n) is 9.70. The van der Waals surface area contributed by atoms with E-state index in [4.69, 9.17) is 0 Å². The summed E-state index contributed by atoms with van der Waals surface area (Å²) in [6, 6.07) is 28.9. The smallest absolute Gasteiger partial charge is 0.272 e. The standard InChI is InChI=1S/C34H26BrFN4O3S2/c1-21(31(41)40-34-39-30(20-44-34)23-9-11-25(35)12-10-23)45-28-17-15-27(16-18-28)37-33(43)29(19-22-7-13-26(36)14-8-22)38-32(42)24-5-3-2-4-6-24/h2-21H,1H3,(H,37,43)(H,38,42)(H,39,40,41)/b29-19-. The second-order valence-corrected chi connectivity index (χ2v) is 12.9. The topological polar surface area (TPSA) is 100 Å². The first-order chi connectivity index (χ1) is 21.7. The summed E-state index contributed by atoms with van der Waals surface area (Å²) in [7, 11) is 0. The molecule has 0 spiro atoms. The third-order valence-electron chi connectivity index (χ3n) is 6.38. The first-order valence-electron chi connectivity index (χ1n) is 13.7. The molecule has 0 fully saturated rings. The normalized spacial score (nSPS) is 11.8. The number of benzene rings is 4. The highest BCUT2D eigenvalue weighted by atomic mass is 79.9. The molecule has 0 aliphatic carbocycles. The van der Waals surface area contributed by atoms with Crippen molar-refractivity contribution in [2.45, 2.75) is 17.1 Å². The number of hydrogen-bond acceptors (Lipinski definition) is 6. The predicted molar refractivity (Wildman–Crippen MR) is 183 cm³/mol. The molecule has 3 amide bonds. The summed E-state index contributed by atoms with van der Waals surface area (Å²) >= 11 is 6.15. The molecule has 4 aromatic carbocycles. The van der Waals surface area contributed by atoms with E-state index in [9.17, 15) is 18.8 Å². The van der Waals surface area contributed by atoms with Crippen molar-refractivity contribution in [1.82, 2.24) is 10.3 Å². The Morgan fingerprint density at radius 3 is 2.27 bits per heavy atom. The van der Waals surface area contributed by atoms with E-state index in [2.05, 4.69) is 36.9 Å². The molecule has 0 saturated heterocycles. The minimum Gasteiger partial charge on any atom is -0.321 e. The molecule has 1 unspecified atom stereocenters. The SMILES string of the molecule is CC(Sc1ccc(NC(=O)/C(=C/c2ccc(F)cc2)NC(=O)c2ccccc2)cc1)C(=O)Nc1nc(-c2ccc(Br)cc2)cs1. The minimum atomic E-state index is -0.553. The Kier molecular flexibility index (Phi) is 10.6. The lowest BCUT2D eigenvalue weighted by molar-refractivity contribution is -0.115. The van der Waals surface area contributed by atoms with Gasteiger partial charge in [0.1, 0.15) is 11.5 Å². The molecule has 0 bridgehead atoms. The molecule has 0 aliphatic rings. The summed E-state index contributed by atoms with van der Waals surface area (Å²) in [4.78, 5) is 44.3. The number of hydrogen-bond donors (Lipinski definition) is 3. The molecule has 1 heterocycles. The van der Waals surface area contributed by atoms with Crippen molar-refractivity contribution in [2.75, 3.05) is 10.6 Å². The van der Waals surface area contributed by atoms with E-state index in [1.54, 1.807) is 61.5 Å². The van der Waals surface area contributed by atoms with Gasteiger partial charge in [-0.05, 0) is 79.2 Å². The maximum absolute atomic E-state index is 13.4. The molecule has 5 aromatic rings. The molecule has 7 nitrogen and oxygen atoms in total. The van der Waals surface area contributed by atoms with Gasteiger partial charge in [-0.1, -0.05) is 58.4 Å². The lowest BCUT2D eigenvalue weighted by atomic mass is 10.1. The van der Waals surface area contributed by atoms with E-state index in [0.717, 1.165) is 20.6 Å². The molecule has 0 saturated carbocycles. The maximum Gasteiger partial charge on any atom is 0.272 e. The number of halogens is 2. The number of thioether (sulfide) groups is 1. The highest BCUT2D eigenvalue weighted by Gasteiger charge is 2.18. The molecule has 11 heteroatoms. The number of rotatable bonds is 10. The van der Waals surface area contributed by atoms with Crippen molar-refractivity contribution >= 4 is 73.6 Å². The zero-order valence-electron chi connectivity index (χ0n) is 23.8. The van der Waals surface area contributed by atoms with E-state index < -0.39 is 22.9 Å². The number of aromatic nitrogens is 1. The average Bonchev–Trinajstić information content (AvgIpc) is 3.51. The largest absolute Gasteiger partial charge is 0.321 e. The van der Waals surface area contributed by atoms with E-state index in [1.807, 2.05) is 29.6 Å². The second kappa shape index (κ2) is 14.9. The van der Waals surface area contributed by atoms with Crippen LogP contribution in [0.2, 0.25) is 0 Å². The lowest BCUT2D eigenvalue weighted by Crippen LogP contribution is -2.30. The van der Waals surface area contributed by atoms with Gasteiger partial charge in [-0.3, -0.25) is 14.4 Å². The highest BCUT2D eigenvalue weighted by Crippen LogP contribution is 2.29. The van der Waals surface area contributed by atoms with E-state index in [0.29, 0.717) is 21.9 Å². The highest BCUT2D eigenvalue weighted by molar-refractivity contribution is 9.10. The first-order valence-corrected chi connectivity index (χ1v) is 16.2. The van der Waals surface area contributed by atoms with Gasteiger partial charge in [0.15, 0.2) is 5.13 Å². The zero-order chi connectivity index (χ0) is 31.8.